The number of thioether (sulfide) groups is 1. The third-order valence-electron chi connectivity index (χ3n) is 4.41. The average Bonchev–Trinajstić information content (AvgIpc) is 2.97. The first kappa shape index (κ1) is 22.9. The van der Waals surface area contributed by atoms with Crippen LogP contribution < -0.4 is 14.4 Å². The molecular weight excluding hydrogens is 461 g/mol. The first-order valence-corrected chi connectivity index (χ1v) is 11.5. The Morgan fingerprint density at radius 3 is 2.60 bits per heavy atom. The Morgan fingerprint density at radius 2 is 1.93 bits per heavy atom. The highest BCUT2D eigenvalue weighted by Gasteiger charge is 2.34. The fourth-order valence-corrected chi connectivity index (χ4v) is 4.55. The van der Waals surface area contributed by atoms with E-state index in [1.807, 2.05) is 32.0 Å². The van der Waals surface area contributed by atoms with Crippen molar-refractivity contribution in [3.05, 3.63) is 56.9 Å². The predicted molar refractivity (Wildman–Crippen MR) is 130 cm³/mol. The normalized spacial score (nSPS) is 16.3. The monoisotopic (exact) mass is 481 g/mol. The fourth-order valence-electron chi connectivity index (χ4n) is 2.77. The van der Waals surface area contributed by atoms with Gasteiger partial charge in [0.15, 0.2) is 15.8 Å². The van der Waals surface area contributed by atoms with E-state index in [4.69, 9.17) is 44.9 Å². The molecule has 1 atom stereocenters. The van der Waals surface area contributed by atoms with Crippen molar-refractivity contribution < 1.29 is 14.3 Å². The summed E-state index contributed by atoms with van der Waals surface area (Å²) in [6, 6.07) is 10.6. The standard InChI is InChI=1S/C22H21Cl2NO3S2/c1-4-13(3)28-18-9-6-14(10-19(18)27-5-2)11-20-21(26)25(22(29)30-20)17-8-7-15(23)12-16(17)24/h6-13H,4-5H2,1-3H3/b20-11-/t13-/m0/s1. The third kappa shape index (κ3) is 5.11. The van der Waals surface area contributed by atoms with Crippen LogP contribution >= 0.6 is 47.2 Å². The van der Waals surface area contributed by atoms with Crippen LogP contribution in [0.2, 0.25) is 10.0 Å². The summed E-state index contributed by atoms with van der Waals surface area (Å²) in [5.74, 6) is 1.10. The number of nitrogens with zero attached hydrogens (tertiary/aromatic N) is 1. The largest absolute Gasteiger partial charge is 0.490 e. The maximum absolute atomic E-state index is 13.0. The topological polar surface area (TPSA) is 38.8 Å². The molecule has 4 nitrogen and oxygen atoms in total. The van der Waals surface area contributed by atoms with Gasteiger partial charge < -0.3 is 9.47 Å². The highest BCUT2D eigenvalue weighted by molar-refractivity contribution is 8.27. The van der Waals surface area contributed by atoms with Gasteiger partial charge in [0, 0.05) is 5.02 Å². The van der Waals surface area contributed by atoms with Crippen molar-refractivity contribution in [1.29, 1.82) is 0 Å². The van der Waals surface area contributed by atoms with Gasteiger partial charge in [-0.05, 0) is 62.2 Å². The van der Waals surface area contributed by atoms with E-state index in [1.165, 1.54) is 16.7 Å². The van der Waals surface area contributed by atoms with Gasteiger partial charge in [0.05, 0.1) is 28.3 Å². The zero-order valence-electron chi connectivity index (χ0n) is 16.8. The van der Waals surface area contributed by atoms with Crippen LogP contribution in [-0.4, -0.2) is 22.9 Å². The molecule has 3 rings (SSSR count). The van der Waals surface area contributed by atoms with E-state index < -0.39 is 0 Å². The van der Waals surface area contributed by atoms with Crippen molar-refractivity contribution in [1.82, 2.24) is 0 Å². The SMILES string of the molecule is CCOc1cc(/C=C2\SC(=S)N(c3ccc(Cl)cc3Cl)C2=O)ccc1O[C@@H](C)CC. The number of rotatable bonds is 7. The predicted octanol–water partition coefficient (Wildman–Crippen LogP) is 6.98. The Balaban J connectivity index is 1.90. The van der Waals surface area contributed by atoms with Crippen molar-refractivity contribution >= 4 is 69.2 Å². The lowest BCUT2D eigenvalue weighted by molar-refractivity contribution is -0.113. The molecule has 0 aromatic heterocycles. The number of hydrogen-bond donors (Lipinski definition) is 0. The molecule has 0 radical (unpaired) electrons. The van der Waals surface area contributed by atoms with Crippen molar-refractivity contribution in [3.8, 4) is 11.5 Å². The summed E-state index contributed by atoms with van der Waals surface area (Å²) in [5, 5.41) is 0.859. The highest BCUT2D eigenvalue weighted by atomic mass is 35.5. The number of carbonyl (C=O) groups is 1. The fraction of sp³-hybridized carbons (Fsp3) is 0.273. The molecule has 1 amide bonds. The molecule has 2 aromatic rings. The molecule has 1 aliphatic rings. The van der Waals surface area contributed by atoms with Crippen molar-refractivity contribution in [2.75, 3.05) is 11.5 Å². The van der Waals surface area contributed by atoms with E-state index in [-0.39, 0.29) is 12.0 Å². The maximum Gasteiger partial charge on any atom is 0.270 e. The Morgan fingerprint density at radius 1 is 1.17 bits per heavy atom. The summed E-state index contributed by atoms with van der Waals surface area (Å²) >= 11 is 18.9. The second-order valence-electron chi connectivity index (χ2n) is 6.59. The minimum atomic E-state index is -0.230. The third-order valence-corrected chi connectivity index (χ3v) is 6.25. The van der Waals surface area contributed by atoms with Crippen LogP contribution in [-0.2, 0) is 4.79 Å². The van der Waals surface area contributed by atoms with Crippen LogP contribution in [0.5, 0.6) is 11.5 Å². The summed E-state index contributed by atoms with van der Waals surface area (Å²) in [5.41, 5.74) is 1.33. The molecule has 158 valence electrons. The zero-order chi connectivity index (χ0) is 21.8. The minimum absolute atomic E-state index is 0.0791. The van der Waals surface area contributed by atoms with Crippen molar-refractivity contribution in [2.24, 2.45) is 0 Å². The molecule has 1 heterocycles. The molecule has 0 bridgehead atoms. The van der Waals surface area contributed by atoms with Crippen LogP contribution in [0.3, 0.4) is 0 Å². The summed E-state index contributed by atoms with van der Waals surface area (Å²) < 4.78 is 12.1. The van der Waals surface area contributed by atoms with Gasteiger partial charge in [0.2, 0.25) is 0 Å². The number of amides is 1. The van der Waals surface area contributed by atoms with Crippen LogP contribution in [0.1, 0.15) is 32.8 Å². The summed E-state index contributed by atoms with van der Waals surface area (Å²) in [4.78, 5) is 15.0. The zero-order valence-corrected chi connectivity index (χ0v) is 19.9. The van der Waals surface area contributed by atoms with E-state index >= 15 is 0 Å². The molecule has 8 heteroatoms. The lowest BCUT2D eigenvalue weighted by Crippen LogP contribution is -2.27. The molecule has 0 spiro atoms. The second kappa shape index (κ2) is 10.1. The Labute approximate surface area is 196 Å². The lowest BCUT2D eigenvalue weighted by Gasteiger charge is -2.17. The first-order chi connectivity index (χ1) is 14.3. The van der Waals surface area contributed by atoms with Crippen LogP contribution in [0.25, 0.3) is 6.08 Å². The van der Waals surface area contributed by atoms with Gasteiger partial charge >= 0.3 is 0 Å². The number of hydrogen-bond acceptors (Lipinski definition) is 5. The summed E-state index contributed by atoms with van der Waals surface area (Å²) in [6.07, 6.45) is 2.76. The van der Waals surface area contributed by atoms with Gasteiger partial charge in [0.25, 0.3) is 5.91 Å². The number of ether oxygens (including phenoxy) is 2. The first-order valence-electron chi connectivity index (χ1n) is 9.50. The quantitative estimate of drug-likeness (QED) is 0.315. The summed E-state index contributed by atoms with van der Waals surface area (Å²) in [6.45, 7) is 6.50. The van der Waals surface area contributed by atoms with E-state index in [0.717, 1.165) is 12.0 Å². The van der Waals surface area contributed by atoms with Gasteiger partial charge in [-0.15, -0.1) is 0 Å². The average molecular weight is 482 g/mol. The second-order valence-corrected chi connectivity index (χ2v) is 9.11. The van der Waals surface area contributed by atoms with E-state index in [1.54, 1.807) is 24.3 Å². The van der Waals surface area contributed by atoms with Gasteiger partial charge in [-0.25, -0.2) is 0 Å². The van der Waals surface area contributed by atoms with Gasteiger partial charge in [0.1, 0.15) is 0 Å². The molecule has 1 aliphatic heterocycles. The molecular formula is C22H21Cl2NO3S2. The van der Waals surface area contributed by atoms with Crippen LogP contribution in [0.4, 0.5) is 5.69 Å². The van der Waals surface area contributed by atoms with Crippen LogP contribution in [0, 0.1) is 0 Å². The van der Waals surface area contributed by atoms with Gasteiger partial charge in [-0.3, -0.25) is 9.69 Å². The molecule has 0 unspecified atom stereocenters. The number of benzene rings is 2. The van der Waals surface area contributed by atoms with E-state index in [0.29, 0.717) is 43.1 Å². The van der Waals surface area contributed by atoms with Crippen molar-refractivity contribution in [3.63, 3.8) is 0 Å². The Bertz CT molecular complexity index is 1010. The molecule has 0 saturated carbocycles. The molecule has 0 aliphatic carbocycles. The smallest absolute Gasteiger partial charge is 0.270 e. The lowest BCUT2D eigenvalue weighted by atomic mass is 10.1. The highest BCUT2D eigenvalue weighted by Crippen LogP contribution is 2.40. The number of carbonyl (C=O) groups excluding carboxylic acids is 1. The Kier molecular flexibility index (Phi) is 7.69. The molecule has 2 aromatic carbocycles. The molecule has 1 fully saturated rings. The number of anilines is 1. The molecule has 1 saturated heterocycles. The van der Waals surface area contributed by atoms with Crippen molar-refractivity contribution in [2.45, 2.75) is 33.3 Å². The van der Waals surface area contributed by atoms with Crippen LogP contribution in [0.15, 0.2) is 41.3 Å². The molecule has 30 heavy (non-hydrogen) atoms. The number of halogens is 2. The Hall–Kier alpha value is -1.73. The minimum Gasteiger partial charge on any atom is -0.490 e. The van der Waals surface area contributed by atoms with Gasteiger partial charge in [-0.2, -0.15) is 0 Å². The molecule has 0 N–H and O–H groups in total. The van der Waals surface area contributed by atoms with Gasteiger partial charge in [-0.1, -0.05) is 60.2 Å². The summed E-state index contributed by atoms with van der Waals surface area (Å²) in [7, 11) is 0. The maximum atomic E-state index is 13.0. The van der Waals surface area contributed by atoms with E-state index in [2.05, 4.69) is 6.92 Å². The number of thiocarbonyl (C=S) groups is 1. The van der Waals surface area contributed by atoms with E-state index in [9.17, 15) is 4.79 Å².